The average molecular weight is 258 g/mol. The maximum Gasteiger partial charge on any atom is 0.107 e. The van der Waals surface area contributed by atoms with Crippen LogP contribution in [0, 0.1) is 0 Å². The van der Waals surface area contributed by atoms with Gasteiger partial charge in [0, 0.05) is 19.2 Å². The molecule has 0 spiro atoms. The van der Waals surface area contributed by atoms with Crippen LogP contribution in [-0.2, 0) is 10.3 Å². The summed E-state index contributed by atoms with van der Waals surface area (Å²) < 4.78 is 5.97. The Labute approximate surface area is 105 Å². The Morgan fingerprint density at radius 2 is 2.19 bits per heavy atom. The smallest absolute Gasteiger partial charge is 0.107 e. The molecule has 2 fully saturated rings. The van der Waals surface area contributed by atoms with Gasteiger partial charge in [-0.2, -0.15) is 0 Å². The molecule has 2 saturated heterocycles. The van der Waals surface area contributed by atoms with E-state index in [2.05, 4.69) is 5.32 Å². The molecule has 4 heteroatoms. The van der Waals surface area contributed by atoms with Crippen LogP contribution in [0.1, 0.15) is 18.4 Å². The van der Waals surface area contributed by atoms with Gasteiger partial charge in [-0.05, 0) is 30.5 Å². The second-order valence-corrected chi connectivity index (χ2v) is 5.36. The van der Waals surface area contributed by atoms with Crippen LogP contribution in [0.5, 0.6) is 0 Å². The van der Waals surface area contributed by atoms with Crippen LogP contribution in [0.3, 0.4) is 0 Å². The van der Waals surface area contributed by atoms with E-state index in [1.807, 2.05) is 18.2 Å². The van der Waals surface area contributed by atoms with Gasteiger partial charge in [0.25, 0.3) is 0 Å². The maximum absolute atomic E-state index is 6.06. The summed E-state index contributed by atoms with van der Waals surface area (Å²) in [4.78, 5) is 0. The van der Waals surface area contributed by atoms with Crippen molar-refractivity contribution in [2.75, 3.05) is 13.2 Å². The van der Waals surface area contributed by atoms with Crippen LogP contribution in [0.15, 0.2) is 18.2 Å². The highest BCUT2D eigenvalue weighted by Gasteiger charge is 2.44. The topological polar surface area (TPSA) is 21.3 Å². The first-order chi connectivity index (χ1) is 7.70. The van der Waals surface area contributed by atoms with E-state index in [-0.39, 0.29) is 5.60 Å². The van der Waals surface area contributed by atoms with Crippen molar-refractivity contribution in [1.82, 2.24) is 5.32 Å². The van der Waals surface area contributed by atoms with Gasteiger partial charge in [0.1, 0.15) is 5.60 Å². The highest BCUT2D eigenvalue weighted by molar-refractivity contribution is 6.42. The molecule has 2 aliphatic heterocycles. The van der Waals surface area contributed by atoms with Crippen molar-refractivity contribution in [3.05, 3.63) is 33.8 Å². The third-order valence-electron chi connectivity index (χ3n) is 3.54. The van der Waals surface area contributed by atoms with Crippen molar-refractivity contribution in [3.8, 4) is 0 Å². The van der Waals surface area contributed by atoms with Crippen LogP contribution >= 0.6 is 23.2 Å². The summed E-state index contributed by atoms with van der Waals surface area (Å²) in [5.41, 5.74) is 0.952. The van der Waals surface area contributed by atoms with Gasteiger partial charge in [0.2, 0.25) is 0 Å². The molecular weight excluding hydrogens is 245 g/mol. The molecule has 0 radical (unpaired) electrons. The molecular formula is C12H13Cl2NO. The fourth-order valence-electron chi connectivity index (χ4n) is 2.64. The number of benzene rings is 1. The predicted octanol–water partition coefficient (Wildman–Crippen LogP) is 2.97. The Hall–Kier alpha value is -0.280. The molecule has 3 rings (SSSR count). The van der Waals surface area contributed by atoms with E-state index >= 15 is 0 Å². The van der Waals surface area contributed by atoms with Gasteiger partial charge in [0.05, 0.1) is 10.0 Å². The summed E-state index contributed by atoms with van der Waals surface area (Å²) in [5, 5.41) is 4.69. The molecule has 86 valence electrons. The Morgan fingerprint density at radius 1 is 1.31 bits per heavy atom. The Bertz CT molecular complexity index is 419. The first kappa shape index (κ1) is 10.8. The largest absolute Gasteiger partial charge is 0.369 e. The lowest BCUT2D eigenvalue weighted by Crippen LogP contribution is -2.34. The van der Waals surface area contributed by atoms with Crippen molar-refractivity contribution in [1.29, 1.82) is 0 Å². The number of hydrogen-bond donors (Lipinski definition) is 1. The van der Waals surface area contributed by atoms with Crippen LogP contribution in [0.4, 0.5) is 0 Å². The summed E-state index contributed by atoms with van der Waals surface area (Å²) in [5.74, 6) is 0. The van der Waals surface area contributed by atoms with Gasteiger partial charge >= 0.3 is 0 Å². The minimum absolute atomic E-state index is 0.183. The van der Waals surface area contributed by atoms with E-state index < -0.39 is 0 Å². The minimum Gasteiger partial charge on any atom is -0.369 e. The molecule has 2 nitrogen and oxygen atoms in total. The predicted molar refractivity (Wildman–Crippen MR) is 65.1 cm³/mol. The SMILES string of the molecule is Clc1ccc(C23CNC(CCO2)C3)cc1Cl. The number of rotatable bonds is 1. The molecule has 2 atom stereocenters. The van der Waals surface area contributed by atoms with Gasteiger partial charge in [-0.25, -0.2) is 0 Å². The van der Waals surface area contributed by atoms with E-state index in [1.165, 1.54) is 0 Å². The second kappa shape index (κ2) is 3.88. The van der Waals surface area contributed by atoms with Crippen LogP contribution in [0.2, 0.25) is 10.0 Å². The summed E-state index contributed by atoms with van der Waals surface area (Å²) >= 11 is 12.0. The monoisotopic (exact) mass is 257 g/mol. The molecule has 0 amide bonds. The van der Waals surface area contributed by atoms with Crippen LogP contribution in [0.25, 0.3) is 0 Å². The molecule has 2 unspecified atom stereocenters. The zero-order valence-electron chi connectivity index (χ0n) is 8.80. The van der Waals surface area contributed by atoms with Gasteiger partial charge < -0.3 is 10.1 Å². The highest BCUT2D eigenvalue weighted by atomic mass is 35.5. The van der Waals surface area contributed by atoms with Crippen molar-refractivity contribution in [2.24, 2.45) is 0 Å². The van der Waals surface area contributed by atoms with Crippen molar-refractivity contribution in [3.63, 3.8) is 0 Å². The lowest BCUT2D eigenvalue weighted by molar-refractivity contribution is -0.0561. The fraction of sp³-hybridized carbons (Fsp3) is 0.500. The van der Waals surface area contributed by atoms with Crippen molar-refractivity contribution < 1.29 is 4.74 Å². The average Bonchev–Trinajstić information content (AvgIpc) is 2.59. The Kier molecular flexibility index (Phi) is 2.63. The number of halogens is 2. The molecule has 2 aliphatic rings. The Morgan fingerprint density at radius 3 is 3.00 bits per heavy atom. The third kappa shape index (κ3) is 1.65. The van der Waals surface area contributed by atoms with Crippen molar-refractivity contribution in [2.45, 2.75) is 24.5 Å². The zero-order chi connectivity index (χ0) is 11.2. The number of fused-ring (bicyclic) bond motifs is 2. The normalized spacial score (nSPS) is 33.0. The summed E-state index contributed by atoms with van der Waals surface area (Å²) in [6, 6.07) is 6.38. The second-order valence-electron chi connectivity index (χ2n) is 4.54. The molecule has 1 aromatic rings. The van der Waals surface area contributed by atoms with Gasteiger partial charge in [-0.3, -0.25) is 0 Å². The Balaban J connectivity index is 1.99. The lowest BCUT2D eigenvalue weighted by Gasteiger charge is -2.33. The van der Waals surface area contributed by atoms with E-state index in [1.54, 1.807) is 0 Å². The summed E-state index contributed by atoms with van der Waals surface area (Å²) in [6.45, 7) is 1.69. The van der Waals surface area contributed by atoms with Gasteiger partial charge in [-0.15, -0.1) is 0 Å². The first-order valence-corrected chi connectivity index (χ1v) is 6.28. The summed E-state index contributed by atoms with van der Waals surface area (Å²) in [6.07, 6.45) is 2.13. The first-order valence-electron chi connectivity index (χ1n) is 5.52. The molecule has 0 aromatic heterocycles. The number of ether oxygens (including phenoxy) is 1. The maximum atomic E-state index is 6.06. The van der Waals surface area contributed by atoms with Crippen LogP contribution in [-0.4, -0.2) is 19.2 Å². The third-order valence-corrected chi connectivity index (χ3v) is 4.28. The molecule has 0 aliphatic carbocycles. The van der Waals surface area contributed by atoms with Gasteiger partial charge in [-0.1, -0.05) is 29.3 Å². The molecule has 2 heterocycles. The number of hydrogen-bond acceptors (Lipinski definition) is 2. The zero-order valence-corrected chi connectivity index (χ0v) is 10.3. The summed E-state index contributed by atoms with van der Waals surface area (Å²) in [7, 11) is 0. The van der Waals surface area contributed by atoms with Crippen LogP contribution < -0.4 is 5.32 Å². The van der Waals surface area contributed by atoms with E-state index in [4.69, 9.17) is 27.9 Å². The number of nitrogens with one attached hydrogen (secondary N) is 1. The fourth-order valence-corrected chi connectivity index (χ4v) is 2.94. The highest BCUT2D eigenvalue weighted by Crippen LogP contribution is 2.40. The van der Waals surface area contributed by atoms with Gasteiger partial charge in [0.15, 0.2) is 0 Å². The van der Waals surface area contributed by atoms with E-state index in [0.717, 1.165) is 31.6 Å². The molecule has 0 saturated carbocycles. The molecule has 16 heavy (non-hydrogen) atoms. The minimum atomic E-state index is -0.183. The van der Waals surface area contributed by atoms with Crippen molar-refractivity contribution >= 4 is 23.2 Å². The molecule has 1 N–H and O–H groups in total. The van der Waals surface area contributed by atoms with E-state index in [0.29, 0.717) is 16.1 Å². The molecule has 1 aromatic carbocycles. The van der Waals surface area contributed by atoms with E-state index in [9.17, 15) is 0 Å². The standard InChI is InChI=1S/C12H13Cl2NO/c13-10-2-1-8(5-11(10)14)12-6-9(15-7-12)3-4-16-12/h1-2,5,9,15H,3-4,6-7H2. The quantitative estimate of drug-likeness (QED) is 0.836. The molecule has 2 bridgehead atoms. The lowest BCUT2D eigenvalue weighted by atomic mass is 9.88.